The zero-order valence-electron chi connectivity index (χ0n) is 14.8. The minimum absolute atomic E-state index is 0.576. The van der Waals surface area contributed by atoms with Gasteiger partial charge in [0.05, 0.1) is 0 Å². The van der Waals surface area contributed by atoms with Gasteiger partial charge < -0.3 is 4.90 Å². The Hall–Kier alpha value is -1.86. The monoisotopic (exact) mass is 317 g/mol. The van der Waals surface area contributed by atoms with Gasteiger partial charge in [-0.2, -0.15) is 0 Å². The molecular weight excluding hydrogens is 290 g/mol. The molecule has 2 aromatic carbocycles. The van der Waals surface area contributed by atoms with Crippen molar-refractivity contribution in [3.8, 4) is 0 Å². The third kappa shape index (κ3) is 2.82. The van der Waals surface area contributed by atoms with Crippen molar-refractivity contribution in [2.75, 3.05) is 14.1 Å². The standard InChI is InChI=1S/C23H27N/c1-24(2)20-14-12-18(13-15-20)23-21-11-7-6-10-19(21)16-22(23)17-8-4-3-5-9-17/h3-11,16,18,20,23H,12-15H2,1-2H3. The SMILES string of the molecule is CN(C)C1CCC(C2C(c3ccccc3)=Cc3ccccc32)CC1. The van der Waals surface area contributed by atoms with Gasteiger partial charge in [0.2, 0.25) is 0 Å². The summed E-state index contributed by atoms with van der Waals surface area (Å²) >= 11 is 0. The van der Waals surface area contributed by atoms with E-state index in [4.69, 9.17) is 0 Å². The number of hydrogen-bond acceptors (Lipinski definition) is 1. The highest BCUT2D eigenvalue weighted by Crippen LogP contribution is 2.50. The van der Waals surface area contributed by atoms with Crippen LogP contribution in [0.15, 0.2) is 54.6 Å². The maximum Gasteiger partial charge on any atom is 0.0130 e. The van der Waals surface area contributed by atoms with Crippen LogP contribution < -0.4 is 0 Å². The molecule has 0 spiro atoms. The van der Waals surface area contributed by atoms with Gasteiger partial charge in [0, 0.05) is 12.0 Å². The summed E-state index contributed by atoms with van der Waals surface area (Å²) in [5.74, 6) is 1.35. The first kappa shape index (κ1) is 15.7. The lowest BCUT2D eigenvalue weighted by Gasteiger charge is -2.36. The van der Waals surface area contributed by atoms with E-state index in [9.17, 15) is 0 Å². The summed E-state index contributed by atoms with van der Waals surface area (Å²) in [6.07, 6.45) is 7.78. The van der Waals surface area contributed by atoms with Crippen LogP contribution in [0.1, 0.15) is 48.3 Å². The highest BCUT2D eigenvalue weighted by Gasteiger charge is 2.35. The predicted octanol–water partition coefficient (Wildman–Crippen LogP) is 5.44. The van der Waals surface area contributed by atoms with Gasteiger partial charge in [-0.3, -0.25) is 0 Å². The lowest BCUT2D eigenvalue weighted by Crippen LogP contribution is -2.33. The average molecular weight is 317 g/mol. The smallest absolute Gasteiger partial charge is 0.0130 e. The molecule has 0 N–H and O–H groups in total. The molecule has 4 rings (SSSR count). The molecular formula is C23H27N. The van der Waals surface area contributed by atoms with Gasteiger partial charge in [-0.25, -0.2) is 0 Å². The summed E-state index contributed by atoms with van der Waals surface area (Å²) in [5.41, 5.74) is 5.90. The van der Waals surface area contributed by atoms with Crippen LogP contribution in [0.2, 0.25) is 0 Å². The molecule has 1 saturated carbocycles. The van der Waals surface area contributed by atoms with E-state index < -0.39 is 0 Å². The number of benzene rings is 2. The van der Waals surface area contributed by atoms with E-state index in [0.717, 1.165) is 12.0 Å². The Labute approximate surface area is 146 Å². The molecule has 0 saturated heterocycles. The topological polar surface area (TPSA) is 3.24 Å². The zero-order valence-corrected chi connectivity index (χ0v) is 14.8. The number of fused-ring (bicyclic) bond motifs is 1. The molecule has 0 heterocycles. The third-order valence-electron chi connectivity index (χ3n) is 6.03. The molecule has 1 nitrogen and oxygen atoms in total. The second kappa shape index (κ2) is 6.57. The van der Waals surface area contributed by atoms with E-state index in [1.54, 1.807) is 5.56 Å². The normalized spacial score (nSPS) is 26.3. The average Bonchev–Trinajstić information content (AvgIpc) is 3.02. The predicted molar refractivity (Wildman–Crippen MR) is 103 cm³/mol. The number of nitrogens with zero attached hydrogens (tertiary/aromatic N) is 1. The van der Waals surface area contributed by atoms with Crippen LogP contribution in [-0.4, -0.2) is 25.0 Å². The quantitative estimate of drug-likeness (QED) is 0.728. The summed E-state index contributed by atoms with van der Waals surface area (Å²) in [4.78, 5) is 2.41. The van der Waals surface area contributed by atoms with Crippen LogP contribution in [0.4, 0.5) is 0 Å². The van der Waals surface area contributed by atoms with E-state index >= 15 is 0 Å². The fourth-order valence-corrected chi connectivity index (χ4v) is 4.70. The Bertz CT molecular complexity index is 721. The molecule has 1 fully saturated rings. The molecule has 2 aromatic rings. The van der Waals surface area contributed by atoms with Crippen molar-refractivity contribution in [1.82, 2.24) is 4.90 Å². The molecule has 2 aliphatic carbocycles. The Morgan fingerprint density at radius 2 is 1.46 bits per heavy atom. The van der Waals surface area contributed by atoms with E-state index in [0.29, 0.717) is 5.92 Å². The van der Waals surface area contributed by atoms with Gasteiger partial charge >= 0.3 is 0 Å². The summed E-state index contributed by atoms with van der Waals surface area (Å²) < 4.78 is 0. The highest BCUT2D eigenvalue weighted by atomic mass is 15.1. The van der Waals surface area contributed by atoms with Gasteiger partial charge in [0.25, 0.3) is 0 Å². The first-order valence-corrected chi connectivity index (χ1v) is 9.26. The largest absolute Gasteiger partial charge is 0.306 e. The minimum Gasteiger partial charge on any atom is -0.306 e. The van der Waals surface area contributed by atoms with Crippen LogP contribution in [0.25, 0.3) is 11.6 Å². The Balaban J connectivity index is 1.65. The van der Waals surface area contributed by atoms with Gasteiger partial charge in [-0.1, -0.05) is 60.7 Å². The second-order valence-corrected chi connectivity index (χ2v) is 7.60. The molecule has 124 valence electrons. The number of hydrogen-bond donors (Lipinski definition) is 0. The first-order chi connectivity index (χ1) is 11.7. The third-order valence-corrected chi connectivity index (χ3v) is 6.03. The molecule has 0 amide bonds. The molecule has 24 heavy (non-hydrogen) atoms. The van der Waals surface area contributed by atoms with Crippen LogP contribution in [0.5, 0.6) is 0 Å². The molecule has 0 aliphatic heterocycles. The van der Waals surface area contributed by atoms with Crippen molar-refractivity contribution >= 4 is 11.6 Å². The van der Waals surface area contributed by atoms with Crippen molar-refractivity contribution in [1.29, 1.82) is 0 Å². The molecule has 1 heteroatoms. The van der Waals surface area contributed by atoms with Gasteiger partial charge in [-0.05, 0) is 68.0 Å². The van der Waals surface area contributed by atoms with E-state index in [1.165, 1.54) is 42.4 Å². The second-order valence-electron chi connectivity index (χ2n) is 7.60. The summed E-state index contributed by atoms with van der Waals surface area (Å²) in [6.45, 7) is 0. The lowest BCUT2D eigenvalue weighted by atomic mass is 9.72. The Morgan fingerprint density at radius 1 is 0.792 bits per heavy atom. The summed E-state index contributed by atoms with van der Waals surface area (Å²) in [6, 6.07) is 20.8. The zero-order chi connectivity index (χ0) is 16.5. The highest BCUT2D eigenvalue weighted by molar-refractivity contribution is 5.91. The first-order valence-electron chi connectivity index (χ1n) is 9.26. The summed E-state index contributed by atoms with van der Waals surface area (Å²) in [7, 11) is 4.45. The van der Waals surface area contributed by atoms with Crippen molar-refractivity contribution < 1.29 is 0 Å². The Kier molecular flexibility index (Phi) is 4.28. The number of allylic oxidation sites excluding steroid dienone is 1. The van der Waals surface area contributed by atoms with Crippen LogP contribution >= 0.6 is 0 Å². The molecule has 1 unspecified atom stereocenters. The summed E-state index contributed by atoms with van der Waals surface area (Å²) in [5, 5.41) is 0. The molecule has 0 aromatic heterocycles. The lowest BCUT2D eigenvalue weighted by molar-refractivity contribution is 0.188. The fourth-order valence-electron chi connectivity index (χ4n) is 4.70. The van der Waals surface area contributed by atoms with Crippen LogP contribution in [0.3, 0.4) is 0 Å². The Morgan fingerprint density at radius 3 is 2.17 bits per heavy atom. The van der Waals surface area contributed by atoms with Gasteiger partial charge in [0.15, 0.2) is 0 Å². The van der Waals surface area contributed by atoms with Crippen LogP contribution in [0, 0.1) is 5.92 Å². The van der Waals surface area contributed by atoms with Crippen molar-refractivity contribution in [2.24, 2.45) is 5.92 Å². The van der Waals surface area contributed by atoms with Crippen molar-refractivity contribution in [3.63, 3.8) is 0 Å². The van der Waals surface area contributed by atoms with E-state index in [2.05, 4.69) is 79.7 Å². The maximum atomic E-state index is 2.44. The van der Waals surface area contributed by atoms with Crippen molar-refractivity contribution in [2.45, 2.75) is 37.6 Å². The maximum absolute atomic E-state index is 2.44. The van der Waals surface area contributed by atoms with Gasteiger partial charge in [0.1, 0.15) is 0 Å². The fraction of sp³-hybridized carbons (Fsp3) is 0.391. The number of rotatable bonds is 3. The minimum atomic E-state index is 0.576. The van der Waals surface area contributed by atoms with Crippen molar-refractivity contribution in [3.05, 3.63) is 71.3 Å². The molecule has 0 radical (unpaired) electrons. The van der Waals surface area contributed by atoms with Crippen LogP contribution in [-0.2, 0) is 0 Å². The van der Waals surface area contributed by atoms with E-state index in [-0.39, 0.29) is 0 Å². The molecule has 2 aliphatic rings. The molecule has 0 bridgehead atoms. The van der Waals surface area contributed by atoms with Gasteiger partial charge in [-0.15, -0.1) is 0 Å². The van der Waals surface area contributed by atoms with E-state index in [1.807, 2.05) is 0 Å². The molecule has 1 atom stereocenters.